The third kappa shape index (κ3) is 1.69. The molecule has 0 amide bonds. The van der Waals surface area contributed by atoms with E-state index in [1.54, 1.807) is 0 Å². The Kier molecular flexibility index (Phi) is 2.88. The molecule has 3 rings (SSSR count). The highest BCUT2D eigenvalue weighted by Crippen LogP contribution is 2.62. The number of rotatable bonds is 0. The van der Waals surface area contributed by atoms with Gasteiger partial charge in [0.15, 0.2) is 0 Å². The molecule has 0 aromatic carbocycles. The molecule has 102 valence electrons. The summed E-state index contributed by atoms with van der Waals surface area (Å²) in [6, 6.07) is 0. The molecule has 0 heterocycles. The number of carbonyl (C=O) groups is 1. The zero-order valence-electron chi connectivity index (χ0n) is 12.3. The van der Waals surface area contributed by atoms with E-state index in [0.717, 1.165) is 24.7 Å². The van der Waals surface area contributed by atoms with Gasteiger partial charge in [-0.25, -0.2) is 0 Å². The van der Waals surface area contributed by atoms with Gasteiger partial charge >= 0.3 is 0 Å². The molecule has 3 fully saturated rings. The Labute approximate surface area is 112 Å². The molecule has 0 aromatic rings. The zero-order chi connectivity index (χ0) is 13.0. The molecule has 1 heteroatoms. The average Bonchev–Trinajstić information content (AvgIpc) is 2.27. The number of ketones is 1. The van der Waals surface area contributed by atoms with Crippen molar-refractivity contribution in [2.75, 3.05) is 0 Å². The van der Waals surface area contributed by atoms with E-state index < -0.39 is 0 Å². The van der Waals surface area contributed by atoms with Gasteiger partial charge in [0.25, 0.3) is 0 Å². The van der Waals surface area contributed by atoms with Gasteiger partial charge in [0.05, 0.1) is 0 Å². The standard InChI is InChI=1S/C17H28O/c1-16(2)10-5-11-17(3)14(16)9-8-12-6-4-7-13(18)15(12)17/h12,14-15H,4-11H2,1-3H3/t12-,14+,15-,17+/m1/s1. The van der Waals surface area contributed by atoms with Gasteiger partial charge in [-0.1, -0.05) is 27.2 Å². The number of Topliss-reactive ketones (excluding diaryl/α,β-unsaturated/α-hetero) is 1. The van der Waals surface area contributed by atoms with E-state index in [2.05, 4.69) is 20.8 Å². The number of fused-ring (bicyclic) bond motifs is 3. The monoisotopic (exact) mass is 248 g/mol. The number of hydrogen-bond donors (Lipinski definition) is 0. The van der Waals surface area contributed by atoms with Crippen LogP contribution in [0, 0.1) is 28.6 Å². The van der Waals surface area contributed by atoms with E-state index in [-0.39, 0.29) is 0 Å². The van der Waals surface area contributed by atoms with Gasteiger partial charge in [-0.15, -0.1) is 0 Å². The summed E-state index contributed by atoms with van der Waals surface area (Å²) in [5, 5.41) is 0. The van der Waals surface area contributed by atoms with Gasteiger partial charge < -0.3 is 0 Å². The Morgan fingerprint density at radius 2 is 1.78 bits per heavy atom. The third-order valence-electron chi connectivity index (χ3n) is 6.63. The maximum Gasteiger partial charge on any atom is 0.136 e. The molecule has 3 aliphatic rings. The minimum atomic E-state index is 0.322. The second-order valence-corrected chi connectivity index (χ2v) is 8.07. The van der Waals surface area contributed by atoms with Crippen LogP contribution in [0.25, 0.3) is 0 Å². The summed E-state index contributed by atoms with van der Waals surface area (Å²) in [5.41, 5.74) is 0.776. The topological polar surface area (TPSA) is 17.1 Å². The van der Waals surface area contributed by atoms with E-state index >= 15 is 0 Å². The Morgan fingerprint density at radius 3 is 2.56 bits per heavy atom. The van der Waals surface area contributed by atoms with Crippen LogP contribution in [0.15, 0.2) is 0 Å². The van der Waals surface area contributed by atoms with Gasteiger partial charge in [0, 0.05) is 12.3 Å². The Balaban J connectivity index is 1.97. The summed E-state index contributed by atoms with van der Waals surface area (Å²) in [6.45, 7) is 7.35. The highest BCUT2D eigenvalue weighted by Gasteiger charge is 2.57. The number of carbonyl (C=O) groups excluding carboxylic acids is 1. The first-order chi connectivity index (χ1) is 8.45. The second-order valence-electron chi connectivity index (χ2n) is 8.07. The van der Waals surface area contributed by atoms with Crippen molar-refractivity contribution in [3.63, 3.8) is 0 Å². The van der Waals surface area contributed by atoms with Gasteiger partial charge in [0.2, 0.25) is 0 Å². The lowest BCUT2D eigenvalue weighted by atomic mass is 9.44. The minimum Gasteiger partial charge on any atom is -0.299 e. The van der Waals surface area contributed by atoms with Crippen LogP contribution in [0.1, 0.15) is 72.1 Å². The van der Waals surface area contributed by atoms with E-state index in [1.807, 2.05) is 0 Å². The van der Waals surface area contributed by atoms with Gasteiger partial charge in [-0.05, 0) is 61.2 Å². The molecular formula is C17H28O. The molecule has 0 unspecified atom stereocenters. The highest BCUT2D eigenvalue weighted by molar-refractivity contribution is 5.83. The smallest absolute Gasteiger partial charge is 0.136 e. The van der Waals surface area contributed by atoms with E-state index in [1.165, 1.54) is 38.5 Å². The third-order valence-corrected chi connectivity index (χ3v) is 6.63. The van der Waals surface area contributed by atoms with Gasteiger partial charge in [-0.2, -0.15) is 0 Å². The van der Waals surface area contributed by atoms with E-state index in [0.29, 0.717) is 22.5 Å². The van der Waals surface area contributed by atoms with Crippen molar-refractivity contribution >= 4 is 5.78 Å². The first kappa shape index (κ1) is 12.7. The van der Waals surface area contributed by atoms with E-state index in [4.69, 9.17) is 0 Å². The van der Waals surface area contributed by atoms with Crippen molar-refractivity contribution in [1.82, 2.24) is 0 Å². The van der Waals surface area contributed by atoms with Crippen LogP contribution in [0.5, 0.6) is 0 Å². The van der Waals surface area contributed by atoms with E-state index in [9.17, 15) is 4.79 Å². The minimum absolute atomic E-state index is 0.322. The fourth-order valence-corrected chi connectivity index (χ4v) is 5.98. The quantitative estimate of drug-likeness (QED) is 0.612. The number of hydrogen-bond acceptors (Lipinski definition) is 1. The van der Waals surface area contributed by atoms with Crippen LogP contribution in [0.2, 0.25) is 0 Å². The molecule has 18 heavy (non-hydrogen) atoms. The second kappa shape index (κ2) is 4.08. The van der Waals surface area contributed by atoms with Crippen LogP contribution in [0.4, 0.5) is 0 Å². The summed E-state index contributed by atoms with van der Waals surface area (Å²) >= 11 is 0. The molecule has 0 aliphatic heterocycles. The zero-order valence-corrected chi connectivity index (χ0v) is 12.3. The maximum absolute atomic E-state index is 12.5. The van der Waals surface area contributed by atoms with Crippen molar-refractivity contribution in [2.45, 2.75) is 72.1 Å². The first-order valence-electron chi connectivity index (χ1n) is 7.98. The molecule has 4 atom stereocenters. The predicted molar refractivity (Wildman–Crippen MR) is 74.3 cm³/mol. The van der Waals surface area contributed by atoms with Crippen LogP contribution < -0.4 is 0 Å². The molecule has 0 radical (unpaired) electrons. The van der Waals surface area contributed by atoms with Crippen LogP contribution in [-0.4, -0.2) is 5.78 Å². The molecule has 0 bridgehead atoms. The lowest BCUT2D eigenvalue weighted by Gasteiger charge is -2.59. The molecule has 3 saturated carbocycles. The largest absolute Gasteiger partial charge is 0.299 e. The predicted octanol–water partition coefficient (Wildman–Crippen LogP) is 4.60. The Morgan fingerprint density at radius 1 is 1.00 bits per heavy atom. The molecule has 0 N–H and O–H groups in total. The van der Waals surface area contributed by atoms with Gasteiger partial charge in [-0.3, -0.25) is 4.79 Å². The molecule has 0 aromatic heterocycles. The SMILES string of the molecule is CC1(C)CCC[C@]2(C)[C@H]3C(=O)CCC[C@@H]3CC[C@@H]12. The Hall–Kier alpha value is -0.330. The molecule has 3 aliphatic carbocycles. The fraction of sp³-hybridized carbons (Fsp3) is 0.941. The van der Waals surface area contributed by atoms with Crippen molar-refractivity contribution in [3.05, 3.63) is 0 Å². The maximum atomic E-state index is 12.5. The fourth-order valence-electron chi connectivity index (χ4n) is 5.98. The van der Waals surface area contributed by atoms with Crippen molar-refractivity contribution in [3.8, 4) is 0 Å². The van der Waals surface area contributed by atoms with Crippen LogP contribution in [-0.2, 0) is 4.79 Å². The van der Waals surface area contributed by atoms with Gasteiger partial charge in [0.1, 0.15) is 5.78 Å². The summed E-state index contributed by atoms with van der Waals surface area (Å²) in [6.07, 6.45) is 10.0. The van der Waals surface area contributed by atoms with Crippen molar-refractivity contribution < 1.29 is 4.79 Å². The summed E-state index contributed by atoms with van der Waals surface area (Å²) in [4.78, 5) is 12.5. The first-order valence-corrected chi connectivity index (χ1v) is 7.98. The summed E-state index contributed by atoms with van der Waals surface area (Å²) < 4.78 is 0. The summed E-state index contributed by atoms with van der Waals surface area (Å²) in [7, 11) is 0. The van der Waals surface area contributed by atoms with Crippen molar-refractivity contribution in [2.24, 2.45) is 28.6 Å². The molecule has 0 saturated heterocycles. The molecule has 1 nitrogen and oxygen atoms in total. The van der Waals surface area contributed by atoms with Crippen molar-refractivity contribution in [1.29, 1.82) is 0 Å². The van der Waals surface area contributed by atoms with Crippen LogP contribution >= 0.6 is 0 Å². The lowest BCUT2D eigenvalue weighted by Crippen LogP contribution is -2.54. The van der Waals surface area contributed by atoms with Crippen LogP contribution in [0.3, 0.4) is 0 Å². The Bertz CT molecular complexity index is 357. The molecule has 0 spiro atoms. The molecular weight excluding hydrogens is 220 g/mol. The summed E-state index contributed by atoms with van der Waals surface area (Å²) in [5.74, 6) is 2.52. The highest BCUT2D eigenvalue weighted by atomic mass is 16.1. The average molecular weight is 248 g/mol. The lowest BCUT2D eigenvalue weighted by molar-refractivity contribution is -0.150. The normalized spacial score (nSPS) is 47.3.